The van der Waals surface area contributed by atoms with Crippen LogP contribution < -0.4 is 14.8 Å². The number of anilines is 2. The fourth-order valence-electron chi connectivity index (χ4n) is 2.86. The lowest BCUT2D eigenvalue weighted by Crippen LogP contribution is -2.05. The van der Waals surface area contributed by atoms with E-state index in [1.165, 1.54) is 18.4 Å². The lowest BCUT2D eigenvalue weighted by atomic mass is 10.1. The topological polar surface area (TPSA) is 59.1 Å². The van der Waals surface area contributed by atoms with E-state index in [0.717, 1.165) is 34.3 Å². The summed E-state index contributed by atoms with van der Waals surface area (Å²) in [4.78, 5) is 8.81. The van der Waals surface area contributed by atoms with Crippen LogP contribution in [-0.4, -0.2) is 22.6 Å². The summed E-state index contributed by atoms with van der Waals surface area (Å²) in [6.45, 7) is 2.60. The van der Waals surface area contributed by atoms with Crippen molar-refractivity contribution in [2.24, 2.45) is 0 Å². The number of hydrogen-bond acceptors (Lipinski definition) is 6. The number of para-hydroxylation sites is 1. The van der Waals surface area contributed by atoms with Gasteiger partial charge in [0.25, 0.3) is 0 Å². The van der Waals surface area contributed by atoms with Crippen LogP contribution >= 0.6 is 11.9 Å². The fourth-order valence-corrected chi connectivity index (χ4v) is 3.76. The summed E-state index contributed by atoms with van der Waals surface area (Å²) < 4.78 is 9.21. The molecule has 1 fully saturated rings. The van der Waals surface area contributed by atoms with Crippen molar-refractivity contribution in [1.29, 1.82) is 0 Å². The van der Waals surface area contributed by atoms with Crippen LogP contribution in [0.1, 0.15) is 25.3 Å². The van der Waals surface area contributed by atoms with E-state index < -0.39 is 0 Å². The number of nitrogens with zero attached hydrogens (tertiary/aromatic N) is 2. The predicted molar refractivity (Wildman–Crippen MR) is 116 cm³/mol. The molecule has 3 aromatic rings. The summed E-state index contributed by atoms with van der Waals surface area (Å²) >= 11 is 1.78. The van der Waals surface area contributed by atoms with Gasteiger partial charge < -0.3 is 10.1 Å². The van der Waals surface area contributed by atoms with Crippen molar-refractivity contribution < 1.29 is 4.74 Å². The smallest absolute Gasteiger partial charge is 0.134 e. The standard InChI is InChI=1S/C22H24N4OS/c1-2-27-21-9-4-3-8-19(21)20-13-22(24-15-23-20)25-18-7-5-6-16(12-18)14-28-26-17-10-11-17/h3-9,12-13,15,17,26H,2,10-11,14H2,1H3,(H,23,24,25). The van der Waals surface area contributed by atoms with Crippen LogP contribution in [-0.2, 0) is 5.75 Å². The van der Waals surface area contributed by atoms with Gasteiger partial charge in [-0.3, -0.25) is 4.72 Å². The van der Waals surface area contributed by atoms with E-state index in [-0.39, 0.29) is 0 Å². The average Bonchev–Trinajstić information content (AvgIpc) is 3.54. The Morgan fingerprint density at radius 1 is 1.07 bits per heavy atom. The van der Waals surface area contributed by atoms with E-state index in [2.05, 4.69) is 44.3 Å². The van der Waals surface area contributed by atoms with Gasteiger partial charge in [-0.1, -0.05) is 36.2 Å². The van der Waals surface area contributed by atoms with Crippen LogP contribution in [0.15, 0.2) is 60.9 Å². The minimum Gasteiger partial charge on any atom is -0.493 e. The van der Waals surface area contributed by atoms with Gasteiger partial charge in [-0.15, -0.1) is 0 Å². The third kappa shape index (κ3) is 5.03. The second-order valence-corrected chi connectivity index (χ2v) is 7.54. The lowest BCUT2D eigenvalue weighted by Gasteiger charge is -2.11. The molecule has 2 N–H and O–H groups in total. The SMILES string of the molecule is CCOc1ccccc1-c1cc(Nc2cccc(CSNC3CC3)c2)ncn1. The number of rotatable bonds is 9. The van der Waals surface area contributed by atoms with Crippen molar-refractivity contribution in [3.05, 3.63) is 66.5 Å². The monoisotopic (exact) mass is 392 g/mol. The van der Waals surface area contributed by atoms with Gasteiger partial charge in [-0.05, 0) is 49.6 Å². The molecular formula is C22H24N4OS. The first kappa shape index (κ1) is 18.8. The molecule has 1 saturated carbocycles. The Morgan fingerprint density at radius 2 is 1.96 bits per heavy atom. The molecular weight excluding hydrogens is 368 g/mol. The van der Waals surface area contributed by atoms with Crippen LogP contribution in [0, 0.1) is 0 Å². The molecule has 1 aliphatic carbocycles. The highest BCUT2D eigenvalue weighted by atomic mass is 32.2. The highest BCUT2D eigenvalue weighted by Gasteiger charge is 2.20. The van der Waals surface area contributed by atoms with Crippen molar-refractivity contribution in [3.63, 3.8) is 0 Å². The van der Waals surface area contributed by atoms with Crippen molar-refractivity contribution in [3.8, 4) is 17.0 Å². The van der Waals surface area contributed by atoms with Crippen LogP contribution in [0.2, 0.25) is 0 Å². The third-order valence-corrected chi connectivity index (χ3v) is 5.37. The molecule has 5 nitrogen and oxygen atoms in total. The molecule has 28 heavy (non-hydrogen) atoms. The number of ether oxygens (including phenoxy) is 1. The zero-order valence-electron chi connectivity index (χ0n) is 15.9. The Kier molecular flexibility index (Phi) is 6.09. The second-order valence-electron chi connectivity index (χ2n) is 6.72. The zero-order valence-corrected chi connectivity index (χ0v) is 16.7. The number of nitrogens with one attached hydrogen (secondary N) is 2. The molecule has 1 aromatic heterocycles. The highest BCUT2D eigenvalue weighted by molar-refractivity contribution is 7.96. The molecule has 2 aromatic carbocycles. The van der Waals surface area contributed by atoms with Crippen molar-refractivity contribution in [2.75, 3.05) is 11.9 Å². The Bertz CT molecular complexity index is 930. The summed E-state index contributed by atoms with van der Waals surface area (Å²) in [6.07, 6.45) is 4.19. The maximum Gasteiger partial charge on any atom is 0.134 e. The second kappa shape index (κ2) is 9.08. The summed E-state index contributed by atoms with van der Waals surface area (Å²) in [5.41, 5.74) is 4.10. The number of aromatic nitrogens is 2. The molecule has 144 valence electrons. The average molecular weight is 393 g/mol. The van der Waals surface area contributed by atoms with Crippen molar-refractivity contribution >= 4 is 23.5 Å². The van der Waals surface area contributed by atoms with Crippen LogP contribution in [0.25, 0.3) is 11.3 Å². The molecule has 4 rings (SSSR count). The Hall–Kier alpha value is -2.57. The normalized spacial score (nSPS) is 13.3. The van der Waals surface area contributed by atoms with E-state index >= 15 is 0 Å². The largest absolute Gasteiger partial charge is 0.493 e. The first-order valence-electron chi connectivity index (χ1n) is 9.59. The minimum atomic E-state index is 0.619. The Balaban J connectivity index is 1.47. The quantitative estimate of drug-likeness (QED) is 0.489. The zero-order chi connectivity index (χ0) is 19.2. The van der Waals surface area contributed by atoms with Gasteiger partial charge in [0.05, 0.1) is 12.3 Å². The van der Waals surface area contributed by atoms with Gasteiger partial charge in [0.1, 0.15) is 17.9 Å². The van der Waals surface area contributed by atoms with E-state index in [0.29, 0.717) is 12.6 Å². The van der Waals surface area contributed by atoms with Crippen LogP contribution in [0.5, 0.6) is 5.75 Å². The van der Waals surface area contributed by atoms with E-state index in [9.17, 15) is 0 Å². The van der Waals surface area contributed by atoms with E-state index in [1.54, 1.807) is 18.3 Å². The van der Waals surface area contributed by atoms with Gasteiger partial charge in [-0.2, -0.15) is 0 Å². The summed E-state index contributed by atoms with van der Waals surface area (Å²) in [5.74, 6) is 2.54. The lowest BCUT2D eigenvalue weighted by molar-refractivity contribution is 0.341. The molecule has 1 heterocycles. The van der Waals surface area contributed by atoms with Gasteiger partial charge in [0, 0.05) is 29.1 Å². The molecule has 0 atom stereocenters. The molecule has 0 spiro atoms. The minimum absolute atomic E-state index is 0.619. The van der Waals surface area contributed by atoms with Gasteiger partial charge in [0.15, 0.2) is 0 Å². The first-order chi connectivity index (χ1) is 13.8. The molecule has 0 bridgehead atoms. The number of hydrogen-bond donors (Lipinski definition) is 2. The highest BCUT2D eigenvalue weighted by Crippen LogP contribution is 2.30. The van der Waals surface area contributed by atoms with Crippen LogP contribution in [0.3, 0.4) is 0 Å². The first-order valence-corrected chi connectivity index (χ1v) is 10.6. The summed E-state index contributed by atoms with van der Waals surface area (Å²) in [6, 6.07) is 19.0. The molecule has 0 radical (unpaired) electrons. The third-order valence-electron chi connectivity index (χ3n) is 4.40. The Morgan fingerprint density at radius 3 is 2.82 bits per heavy atom. The molecule has 6 heteroatoms. The molecule has 0 amide bonds. The molecule has 0 unspecified atom stereocenters. The van der Waals surface area contributed by atoms with Crippen LogP contribution in [0.4, 0.5) is 11.5 Å². The maximum atomic E-state index is 5.73. The predicted octanol–water partition coefficient (Wildman–Crippen LogP) is 5.19. The van der Waals surface area contributed by atoms with Crippen molar-refractivity contribution in [2.45, 2.75) is 31.6 Å². The maximum absolute atomic E-state index is 5.73. The van der Waals surface area contributed by atoms with E-state index in [4.69, 9.17) is 4.74 Å². The van der Waals surface area contributed by atoms with Gasteiger partial charge in [-0.25, -0.2) is 9.97 Å². The van der Waals surface area contributed by atoms with E-state index in [1.807, 2.05) is 37.3 Å². The Labute approximate surface area is 170 Å². The van der Waals surface area contributed by atoms with Gasteiger partial charge in [0.2, 0.25) is 0 Å². The van der Waals surface area contributed by atoms with Crippen molar-refractivity contribution in [1.82, 2.24) is 14.7 Å². The number of benzene rings is 2. The fraction of sp³-hybridized carbons (Fsp3) is 0.273. The van der Waals surface area contributed by atoms with Gasteiger partial charge >= 0.3 is 0 Å². The summed E-state index contributed by atoms with van der Waals surface area (Å²) in [5, 5.41) is 3.40. The molecule has 0 saturated heterocycles. The summed E-state index contributed by atoms with van der Waals surface area (Å²) in [7, 11) is 0. The molecule has 0 aliphatic heterocycles. The molecule has 1 aliphatic rings.